The number of aliphatic hydroxyl groups is 1. The van der Waals surface area contributed by atoms with Crippen LogP contribution in [0.3, 0.4) is 0 Å². The molecule has 1 aliphatic heterocycles. The number of rotatable bonds is 3. The van der Waals surface area contributed by atoms with Gasteiger partial charge in [0.05, 0.1) is 11.6 Å². The summed E-state index contributed by atoms with van der Waals surface area (Å²) in [5.41, 5.74) is 0.643. The molecule has 2 heterocycles. The predicted octanol–water partition coefficient (Wildman–Crippen LogP) is 1.39. The third-order valence-electron chi connectivity index (χ3n) is 2.88. The maximum absolute atomic E-state index is 10.8. The van der Waals surface area contributed by atoms with E-state index < -0.39 is 6.09 Å². The monoisotopic (exact) mass is 271 g/mol. The quantitative estimate of drug-likeness (QED) is 0.773. The molecule has 3 N–H and O–H groups in total. The van der Waals surface area contributed by atoms with Crippen LogP contribution in [-0.4, -0.2) is 45.3 Å². The number of nitrogens with zero attached hydrogens (tertiary/aromatic N) is 2. The number of carbonyl (C=O) groups is 1. The Morgan fingerprint density at radius 1 is 1.67 bits per heavy atom. The summed E-state index contributed by atoms with van der Waals surface area (Å²) in [7, 11) is 0. The summed E-state index contributed by atoms with van der Waals surface area (Å²) >= 11 is 6.02. The lowest BCUT2D eigenvalue weighted by atomic mass is 10.2. The summed E-state index contributed by atoms with van der Waals surface area (Å²) in [5.74, 6) is 0.520. The Bertz CT molecular complexity index is 455. The Kier molecular flexibility index (Phi) is 3.88. The van der Waals surface area contributed by atoms with Gasteiger partial charge in [0.2, 0.25) is 0 Å². The van der Waals surface area contributed by atoms with Crippen molar-refractivity contribution in [3.63, 3.8) is 0 Å². The van der Waals surface area contributed by atoms with E-state index in [1.165, 1.54) is 11.1 Å². The van der Waals surface area contributed by atoms with E-state index in [4.69, 9.17) is 21.8 Å². The predicted molar refractivity (Wildman–Crippen MR) is 66.8 cm³/mol. The Balaban J connectivity index is 2.00. The number of carboxylic acid groups (broad SMARTS) is 1. The van der Waals surface area contributed by atoms with E-state index in [0.717, 1.165) is 6.42 Å². The zero-order valence-corrected chi connectivity index (χ0v) is 10.4. The molecular formula is C11H14ClN3O3. The molecule has 2 rings (SSSR count). The second-order valence-electron chi connectivity index (χ2n) is 4.19. The van der Waals surface area contributed by atoms with Crippen LogP contribution in [0.1, 0.15) is 12.0 Å². The van der Waals surface area contributed by atoms with Crippen molar-refractivity contribution in [2.45, 2.75) is 19.1 Å². The second kappa shape index (κ2) is 5.41. The summed E-state index contributed by atoms with van der Waals surface area (Å²) < 4.78 is 0. The molecule has 0 unspecified atom stereocenters. The minimum atomic E-state index is -0.908. The Labute approximate surface area is 109 Å². The number of nitrogens with one attached hydrogen (secondary N) is 1. The van der Waals surface area contributed by atoms with Crippen molar-refractivity contribution in [3.8, 4) is 0 Å². The molecule has 1 atom stereocenters. The van der Waals surface area contributed by atoms with Crippen LogP contribution in [0.25, 0.3) is 0 Å². The lowest BCUT2D eigenvalue weighted by molar-refractivity contribution is 0.155. The molecule has 98 valence electrons. The lowest BCUT2D eigenvalue weighted by Gasteiger charge is -2.15. The first-order valence-corrected chi connectivity index (χ1v) is 5.97. The third kappa shape index (κ3) is 2.83. The lowest BCUT2D eigenvalue weighted by Crippen LogP contribution is -2.30. The summed E-state index contributed by atoms with van der Waals surface area (Å²) in [4.78, 5) is 16.2. The van der Waals surface area contributed by atoms with Crippen LogP contribution in [0.4, 0.5) is 10.6 Å². The minimum Gasteiger partial charge on any atom is -0.465 e. The highest BCUT2D eigenvalue weighted by atomic mass is 35.5. The number of hydrogen-bond donors (Lipinski definition) is 3. The second-order valence-corrected chi connectivity index (χ2v) is 4.60. The first kappa shape index (κ1) is 12.9. The van der Waals surface area contributed by atoms with Gasteiger partial charge in [-0.3, -0.25) is 0 Å². The topological polar surface area (TPSA) is 85.7 Å². The molecule has 0 spiro atoms. The molecule has 0 aromatic carbocycles. The molecular weight excluding hydrogens is 258 g/mol. The molecule has 1 aromatic heterocycles. The highest BCUT2D eigenvalue weighted by Gasteiger charge is 2.26. The molecule has 1 saturated heterocycles. The van der Waals surface area contributed by atoms with Gasteiger partial charge in [0.1, 0.15) is 5.82 Å². The minimum absolute atomic E-state index is 0.0195. The smallest absolute Gasteiger partial charge is 0.407 e. The van der Waals surface area contributed by atoms with Gasteiger partial charge in [0.25, 0.3) is 0 Å². The van der Waals surface area contributed by atoms with Gasteiger partial charge in [-0.25, -0.2) is 9.78 Å². The van der Waals surface area contributed by atoms with Crippen LogP contribution in [-0.2, 0) is 6.61 Å². The standard InChI is InChI=1S/C11H14ClN3O3/c12-9-3-7(6-16)4-13-10(9)14-8-1-2-15(5-8)11(17)18/h3-4,8,16H,1-2,5-6H2,(H,13,14)(H,17,18)/t8-/m1/s1. The average Bonchev–Trinajstić information content (AvgIpc) is 2.80. The number of aromatic nitrogens is 1. The first-order valence-electron chi connectivity index (χ1n) is 5.60. The van der Waals surface area contributed by atoms with E-state index in [2.05, 4.69) is 10.3 Å². The van der Waals surface area contributed by atoms with Crippen LogP contribution in [0, 0.1) is 0 Å². The average molecular weight is 272 g/mol. The SMILES string of the molecule is O=C(O)N1CC[C@@H](Nc2ncc(CO)cc2Cl)C1. The fraction of sp³-hybridized carbons (Fsp3) is 0.455. The van der Waals surface area contributed by atoms with Crippen LogP contribution in [0.15, 0.2) is 12.3 Å². The van der Waals surface area contributed by atoms with Gasteiger partial charge in [-0.2, -0.15) is 0 Å². The zero-order valence-electron chi connectivity index (χ0n) is 9.64. The van der Waals surface area contributed by atoms with Gasteiger partial charge < -0.3 is 20.4 Å². The van der Waals surface area contributed by atoms with Gasteiger partial charge in [-0.1, -0.05) is 11.6 Å². The number of hydrogen-bond acceptors (Lipinski definition) is 4. The van der Waals surface area contributed by atoms with Gasteiger partial charge in [0, 0.05) is 25.3 Å². The fourth-order valence-corrected chi connectivity index (χ4v) is 2.16. The Morgan fingerprint density at radius 2 is 2.44 bits per heavy atom. The molecule has 0 radical (unpaired) electrons. The van der Waals surface area contributed by atoms with Crippen molar-refractivity contribution < 1.29 is 15.0 Å². The van der Waals surface area contributed by atoms with Crippen molar-refractivity contribution in [1.82, 2.24) is 9.88 Å². The van der Waals surface area contributed by atoms with E-state index in [-0.39, 0.29) is 12.6 Å². The van der Waals surface area contributed by atoms with Crippen molar-refractivity contribution in [2.24, 2.45) is 0 Å². The molecule has 6 nitrogen and oxygen atoms in total. The number of anilines is 1. The first-order chi connectivity index (χ1) is 8.60. The molecule has 18 heavy (non-hydrogen) atoms. The summed E-state index contributed by atoms with van der Waals surface area (Å²) in [6.45, 7) is 0.831. The number of amides is 1. The van der Waals surface area contributed by atoms with E-state index in [1.807, 2.05) is 0 Å². The maximum Gasteiger partial charge on any atom is 0.407 e. The van der Waals surface area contributed by atoms with Crippen LogP contribution in [0.5, 0.6) is 0 Å². The van der Waals surface area contributed by atoms with Crippen LogP contribution < -0.4 is 5.32 Å². The molecule has 0 aliphatic carbocycles. The summed E-state index contributed by atoms with van der Waals surface area (Å²) in [5, 5.41) is 21.3. The molecule has 0 saturated carbocycles. The highest BCUT2D eigenvalue weighted by Crippen LogP contribution is 2.23. The summed E-state index contributed by atoms with van der Waals surface area (Å²) in [6, 6.07) is 1.66. The van der Waals surface area contributed by atoms with Crippen molar-refractivity contribution in [3.05, 3.63) is 22.8 Å². The Morgan fingerprint density at radius 3 is 3.00 bits per heavy atom. The van der Waals surface area contributed by atoms with E-state index in [0.29, 0.717) is 29.5 Å². The molecule has 1 aromatic rings. The van der Waals surface area contributed by atoms with Crippen molar-refractivity contribution >= 4 is 23.5 Å². The number of pyridine rings is 1. The van der Waals surface area contributed by atoms with Gasteiger partial charge in [0.15, 0.2) is 0 Å². The largest absolute Gasteiger partial charge is 0.465 e. The molecule has 1 amide bonds. The van der Waals surface area contributed by atoms with Gasteiger partial charge in [-0.15, -0.1) is 0 Å². The van der Waals surface area contributed by atoms with Gasteiger partial charge >= 0.3 is 6.09 Å². The van der Waals surface area contributed by atoms with E-state index in [1.54, 1.807) is 6.07 Å². The number of halogens is 1. The van der Waals surface area contributed by atoms with Crippen molar-refractivity contribution in [2.75, 3.05) is 18.4 Å². The normalized spacial score (nSPS) is 19.0. The van der Waals surface area contributed by atoms with Crippen molar-refractivity contribution in [1.29, 1.82) is 0 Å². The fourth-order valence-electron chi connectivity index (χ4n) is 1.92. The maximum atomic E-state index is 10.8. The summed E-state index contributed by atoms with van der Waals surface area (Å²) in [6.07, 6.45) is 1.36. The van der Waals surface area contributed by atoms with E-state index >= 15 is 0 Å². The van der Waals surface area contributed by atoms with Crippen LogP contribution in [0.2, 0.25) is 5.02 Å². The molecule has 1 fully saturated rings. The number of aliphatic hydroxyl groups excluding tert-OH is 1. The zero-order chi connectivity index (χ0) is 13.1. The van der Waals surface area contributed by atoms with Crippen LogP contribution >= 0.6 is 11.6 Å². The molecule has 7 heteroatoms. The number of likely N-dealkylation sites (tertiary alicyclic amines) is 1. The van der Waals surface area contributed by atoms with E-state index in [9.17, 15) is 4.79 Å². The third-order valence-corrected chi connectivity index (χ3v) is 3.17. The molecule has 1 aliphatic rings. The van der Waals surface area contributed by atoms with Gasteiger partial charge in [-0.05, 0) is 18.1 Å². The highest BCUT2D eigenvalue weighted by molar-refractivity contribution is 6.32. The Hall–Kier alpha value is -1.53. The molecule has 0 bridgehead atoms.